The maximum absolute atomic E-state index is 12.6. The number of piperazine rings is 1. The van der Waals surface area contributed by atoms with Gasteiger partial charge in [-0.3, -0.25) is 4.79 Å². The van der Waals surface area contributed by atoms with Crippen LogP contribution in [0.5, 0.6) is 0 Å². The van der Waals surface area contributed by atoms with Crippen molar-refractivity contribution >= 4 is 36.7 Å². The number of piperidine rings is 1. The van der Waals surface area contributed by atoms with E-state index in [0.717, 1.165) is 32.7 Å². The zero-order valence-electron chi connectivity index (χ0n) is 13.4. The second-order valence-corrected chi connectivity index (χ2v) is 5.84. The van der Waals surface area contributed by atoms with Crippen molar-refractivity contribution in [1.82, 2.24) is 20.2 Å². The first-order chi connectivity index (χ1) is 10.3. The fraction of sp³-hybridized carbons (Fsp3) is 0.667. The van der Waals surface area contributed by atoms with Crippen molar-refractivity contribution in [2.75, 3.05) is 37.6 Å². The number of carbonyl (C=O) groups excluding carboxylic acids is 1. The molecule has 1 aromatic heterocycles. The maximum atomic E-state index is 12.6. The molecule has 2 aliphatic heterocycles. The van der Waals surface area contributed by atoms with Crippen molar-refractivity contribution in [2.45, 2.75) is 32.2 Å². The minimum atomic E-state index is 0. The molecule has 2 fully saturated rings. The second kappa shape index (κ2) is 9.25. The molecule has 1 amide bonds. The van der Waals surface area contributed by atoms with Gasteiger partial charge in [-0.2, -0.15) is 0 Å². The molecule has 0 spiro atoms. The van der Waals surface area contributed by atoms with E-state index in [4.69, 9.17) is 0 Å². The number of anilines is 1. The molecule has 0 saturated carbocycles. The minimum absolute atomic E-state index is 0. The number of hydrogen-bond acceptors (Lipinski definition) is 5. The van der Waals surface area contributed by atoms with Gasteiger partial charge in [-0.05, 0) is 32.3 Å². The largest absolute Gasteiger partial charge is 0.341 e. The second-order valence-electron chi connectivity index (χ2n) is 5.84. The molecular formula is C15H25Cl2N5O. The van der Waals surface area contributed by atoms with Crippen molar-refractivity contribution in [3.05, 3.63) is 18.0 Å². The summed E-state index contributed by atoms with van der Waals surface area (Å²) in [5, 5.41) is 3.30. The molecule has 2 saturated heterocycles. The van der Waals surface area contributed by atoms with Crippen LogP contribution >= 0.6 is 24.8 Å². The Bertz CT molecular complexity index is 510. The average Bonchev–Trinajstić information content (AvgIpc) is 2.56. The highest BCUT2D eigenvalue weighted by atomic mass is 35.5. The van der Waals surface area contributed by atoms with Crippen molar-refractivity contribution < 1.29 is 4.79 Å². The standard InChI is InChI=1S/C15H23N5O.2ClH/c1-12-11-16-7-10-20(12)14(21)13-5-6-17-15(18-13)19-8-3-2-4-9-19;;/h5-6,12,16H,2-4,7-11H2,1H3;2*1H/t12-;;/m0../s1. The summed E-state index contributed by atoms with van der Waals surface area (Å²) in [6, 6.07) is 1.93. The van der Waals surface area contributed by atoms with Gasteiger partial charge in [0.2, 0.25) is 5.95 Å². The van der Waals surface area contributed by atoms with Gasteiger partial charge in [0.15, 0.2) is 0 Å². The molecule has 3 rings (SSSR count). The summed E-state index contributed by atoms with van der Waals surface area (Å²) in [7, 11) is 0. The lowest BCUT2D eigenvalue weighted by atomic mass is 10.1. The molecule has 3 heterocycles. The summed E-state index contributed by atoms with van der Waals surface area (Å²) >= 11 is 0. The van der Waals surface area contributed by atoms with Crippen LogP contribution in [0.4, 0.5) is 5.95 Å². The van der Waals surface area contributed by atoms with Crippen LogP contribution in [-0.2, 0) is 0 Å². The Morgan fingerprint density at radius 3 is 2.65 bits per heavy atom. The van der Waals surface area contributed by atoms with Crippen LogP contribution < -0.4 is 10.2 Å². The molecule has 1 atom stereocenters. The maximum Gasteiger partial charge on any atom is 0.272 e. The van der Waals surface area contributed by atoms with Gasteiger partial charge >= 0.3 is 0 Å². The third-order valence-corrected chi connectivity index (χ3v) is 4.26. The number of amides is 1. The van der Waals surface area contributed by atoms with Gasteiger partial charge in [0, 0.05) is 45.0 Å². The van der Waals surface area contributed by atoms with E-state index in [2.05, 4.69) is 27.1 Å². The molecule has 0 unspecified atom stereocenters. The van der Waals surface area contributed by atoms with E-state index in [1.165, 1.54) is 19.3 Å². The molecule has 8 heteroatoms. The molecule has 1 N–H and O–H groups in total. The molecular weight excluding hydrogens is 337 g/mol. The number of carbonyl (C=O) groups is 1. The topological polar surface area (TPSA) is 61.4 Å². The van der Waals surface area contributed by atoms with Crippen LogP contribution in [0.1, 0.15) is 36.7 Å². The molecule has 2 aliphatic rings. The summed E-state index contributed by atoms with van der Waals surface area (Å²) in [5.74, 6) is 0.716. The summed E-state index contributed by atoms with van der Waals surface area (Å²) < 4.78 is 0. The van der Waals surface area contributed by atoms with Crippen LogP contribution in [-0.4, -0.2) is 59.5 Å². The van der Waals surface area contributed by atoms with E-state index in [1.54, 1.807) is 12.3 Å². The Morgan fingerprint density at radius 2 is 1.96 bits per heavy atom. The smallest absolute Gasteiger partial charge is 0.272 e. The third kappa shape index (κ3) is 4.68. The van der Waals surface area contributed by atoms with E-state index in [9.17, 15) is 4.79 Å². The number of aromatic nitrogens is 2. The van der Waals surface area contributed by atoms with Crippen LogP contribution in [0, 0.1) is 0 Å². The lowest BCUT2D eigenvalue weighted by Gasteiger charge is -2.34. The van der Waals surface area contributed by atoms with Crippen LogP contribution in [0.15, 0.2) is 12.3 Å². The van der Waals surface area contributed by atoms with Gasteiger partial charge in [-0.15, -0.1) is 24.8 Å². The van der Waals surface area contributed by atoms with E-state index in [-0.39, 0.29) is 36.8 Å². The van der Waals surface area contributed by atoms with E-state index in [1.807, 2.05) is 4.90 Å². The predicted molar refractivity (Wildman–Crippen MR) is 96.0 cm³/mol. The van der Waals surface area contributed by atoms with Crippen molar-refractivity contribution in [1.29, 1.82) is 0 Å². The van der Waals surface area contributed by atoms with Crippen LogP contribution in [0.2, 0.25) is 0 Å². The first kappa shape index (κ1) is 19.9. The van der Waals surface area contributed by atoms with Crippen molar-refractivity contribution in [2.24, 2.45) is 0 Å². The lowest BCUT2D eigenvalue weighted by Crippen LogP contribution is -2.52. The Balaban J connectivity index is 0.00000132. The monoisotopic (exact) mass is 361 g/mol. The van der Waals surface area contributed by atoms with Gasteiger partial charge in [-0.25, -0.2) is 9.97 Å². The van der Waals surface area contributed by atoms with Crippen molar-refractivity contribution in [3.63, 3.8) is 0 Å². The first-order valence-electron chi connectivity index (χ1n) is 7.85. The Morgan fingerprint density at radius 1 is 1.22 bits per heavy atom. The fourth-order valence-electron chi connectivity index (χ4n) is 3.00. The van der Waals surface area contributed by atoms with E-state index >= 15 is 0 Å². The molecule has 1 aromatic rings. The summed E-state index contributed by atoms with van der Waals surface area (Å²) in [6.45, 7) is 6.47. The lowest BCUT2D eigenvalue weighted by molar-refractivity contribution is 0.0649. The fourth-order valence-corrected chi connectivity index (χ4v) is 3.00. The highest BCUT2D eigenvalue weighted by Gasteiger charge is 2.25. The third-order valence-electron chi connectivity index (χ3n) is 4.26. The number of nitrogens with zero attached hydrogens (tertiary/aromatic N) is 4. The summed E-state index contributed by atoms with van der Waals surface area (Å²) in [5.41, 5.74) is 0.513. The van der Waals surface area contributed by atoms with Crippen molar-refractivity contribution in [3.8, 4) is 0 Å². The van der Waals surface area contributed by atoms with Gasteiger partial charge in [0.25, 0.3) is 5.91 Å². The first-order valence-corrected chi connectivity index (χ1v) is 7.85. The van der Waals surface area contributed by atoms with Gasteiger partial charge in [0.05, 0.1) is 0 Å². The molecule has 0 aliphatic carbocycles. The highest BCUT2D eigenvalue weighted by molar-refractivity contribution is 5.92. The molecule has 23 heavy (non-hydrogen) atoms. The predicted octanol–water partition coefficient (Wildman–Crippen LogP) is 1.74. The number of rotatable bonds is 2. The zero-order valence-corrected chi connectivity index (χ0v) is 15.0. The molecule has 130 valence electrons. The van der Waals surface area contributed by atoms with Crippen LogP contribution in [0.25, 0.3) is 0 Å². The van der Waals surface area contributed by atoms with E-state index < -0.39 is 0 Å². The van der Waals surface area contributed by atoms with E-state index in [0.29, 0.717) is 11.6 Å². The molecule has 6 nitrogen and oxygen atoms in total. The minimum Gasteiger partial charge on any atom is -0.341 e. The highest BCUT2D eigenvalue weighted by Crippen LogP contribution is 2.16. The summed E-state index contributed by atoms with van der Waals surface area (Å²) in [4.78, 5) is 25.6. The Hall–Kier alpha value is -1.11. The van der Waals surface area contributed by atoms with Gasteiger partial charge in [0.1, 0.15) is 5.69 Å². The summed E-state index contributed by atoms with van der Waals surface area (Å²) in [6.07, 6.45) is 5.33. The van der Waals surface area contributed by atoms with Gasteiger partial charge < -0.3 is 15.1 Å². The zero-order chi connectivity index (χ0) is 14.7. The molecule has 0 bridgehead atoms. The Kier molecular flexibility index (Phi) is 8.02. The molecule has 0 radical (unpaired) electrons. The van der Waals surface area contributed by atoms with Crippen LogP contribution in [0.3, 0.4) is 0 Å². The number of halogens is 2. The average molecular weight is 362 g/mol. The molecule has 0 aromatic carbocycles. The van der Waals surface area contributed by atoms with Gasteiger partial charge in [-0.1, -0.05) is 0 Å². The quantitative estimate of drug-likeness (QED) is 0.869. The Labute approximate surface area is 149 Å². The normalized spacial score (nSPS) is 21.2. The number of hydrogen-bond donors (Lipinski definition) is 1. The number of nitrogens with one attached hydrogen (secondary N) is 1. The SMILES string of the molecule is C[C@H]1CNCCN1C(=O)c1ccnc(N2CCCCC2)n1.Cl.Cl.